The van der Waals surface area contributed by atoms with Gasteiger partial charge < -0.3 is 14.8 Å². The summed E-state index contributed by atoms with van der Waals surface area (Å²) >= 11 is 1.37. The van der Waals surface area contributed by atoms with E-state index < -0.39 is 0 Å². The Balaban J connectivity index is 1.87. The lowest BCUT2D eigenvalue weighted by Crippen LogP contribution is -2.04. The summed E-state index contributed by atoms with van der Waals surface area (Å²) in [6, 6.07) is 10.8. The monoisotopic (exact) mass is 385 g/mol. The molecule has 0 saturated heterocycles. The molecule has 0 bridgehead atoms. The van der Waals surface area contributed by atoms with Gasteiger partial charge in [0.25, 0.3) is 0 Å². The second-order valence-electron chi connectivity index (χ2n) is 5.57. The number of nitrogens with zero attached hydrogens (tertiary/aromatic N) is 2. The van der Waals surface area contributed by atoms with Gasteiger partial charge in [-0.25, -0.2) is 4.98 Å². The number of aromatic nitrogens is 1. The van der Waals surface area contributed by atoms with E-state index in [2.05, 4.69) is 10.3 Å². The summed E-state index contributed by atoms with van der Waals surface area (Å²) in [6.07, 6.45) is 1.64. The van der Waals surface area contributed by atoms with Crippen LogP contribution >= 0.6 is 11.3 Å². The van der Waals surface area contributed by atoms with Crippen molar-refractivity contribution in [3.8, 4) is 22.1 Å². The molecule has 0 fully saturated rings. The van der Waals surface area contributed by atoms with Crippen molar-refractivity contribution in [2.75, 3.05) is 19.0 Å². The summed E-state index contributed by atoms with van der Waals surface area (Å²) in [6.45, 7) is 2.83. The second kappa shape index (κ2) is 8.50. The van der Waals surface area contributed by atoms with Crippen LogP contribution in [0.4, 0.5) is 11.4 Å². The molecule has 2 aromatic carbocycles. The summed E-state index contributed by atoms with van der Waals surface area (Å²) in [7, 11) is 1.59. The van der Waals surface area contributed by atoms with E-state index in [1.807, 2.05) is 25.1 Å². The van der Waals surface area contributed by atoms with Crippen LogP contribution in [-0.2, 0) is 6.54 Å². The first-order valence-electron chi connectivity index (χ1n) is 8.35. The van der Waals surface area contributed by atoms with Crippen molar-refractivity contribution < 1.29 is 14.4 Å². The van der Waals surface area contributed by atoms with Crippen LogP contribution in [0.2, 0.25) is 0 Å². The lowest BCUT2D eigenvalue weighted by Gasteiger charge is -2.13. The molecule has 0 saturated carbocycles. The zero-order valence-corrected chi connectivity index (χ0v) is 15.8. The van der Waals surface area contributed by atoms with Crippen molar-refractivity contribution in [3.63, 3.8) is 0 Å². The molecule has 7 nitrogen and oxygen atoms in total. The standard InChI is InChI=1S/C19H19N3O4S/c1-3-26-17-11-13(7-8-16(17)25-2)12-21-15-6-4-5-14(18(15)22(23)24)19-20-9-10-27-19/h4-11,21H,3,12H2,1-2H3. The number of thiazole rings is 1. The van der Waals surface area contributed by atoms with Crippen molar-refractivity contribution in [2.45, 2.75) is 13.5 Å². The highest BCUT2D eigenvalue weighted by Gasteiger charge is 2.22. The van der Waals surface area contributed by atoms with Gasteiger partial charge in [0.15, 0.2) is 11.5 Å². The molecule has 140 valence electrons. The third-order valence-electron chi connectivity index (χ3n) is 3.89. The Bertz CT molecular complexity index is 929. The summed E-state index contributed by atoms with van der Waals surface area (Å²) in [5.74, 6) is 1.29. The van der Waals surface area contributed by atoms with E-state index in [1.165, 1.54) is 11.3 Å². The first-order chi connectivity index (χ1) is 13.1. The van der Waals surface area contributed by atoms with Crippen LogP contribution in [0.3, 0.4) is 0 Å². The molecule has 0 unspecified atom stereocenters. The molecule has 0 amide bonds. The predicted molar refractivity (Wildman–Crippen MR) is 106 cm³/mol. The largest absolute Gasteiger partial charge is 0.493 e. The molecule has 1 heterocycles. The quantitative estimate of drug-likeness (QED) is 0.445. The minimum absolute atomic E-state index is 0.0194. The van der Waals surface area contributed by atoms with E-state index >= 15 is 0 Å². The van der Waals surface area contributed by atoms with E-state index in [1.54, 1.807) is 36.9 Å². The number of hydrogen-bond acceptors (Lipinski definition) is 7. The molecule has 0 spiro atoms. The molecule has 3 rings (SSSR count). The SMILES string of the molecule is CCOc1cc(CNc2cccc(-c3nccs3)c2[N+](=O)[O-])ccc1OC. The molecule has 0 aliphatic carbocycles. The molecule has 1 aromatic heterocycles. The Labute approximate surface area is 160 Å². The van der Waals surface area contributed by atoms with Crippen LogP contribution in [0, 0.1) is 10.1 Å². The van der Waals surface area contributed by atoms with Crippen molar-refractivity contribution >= 4 is 22.7 Å². The third-order valence-corrected chi connectivity index (χ3v) is 4.70. The van der Waals surface area contributed by atoms with Gasteiger partial charge in [-0.15, -0.1) is 11.3 Å². The zero-order valence-electron chi connectivity index (χ0n) is 15.0. The lowest BCUT2D eigenvalue weighted by atomic mass is 10.1. The lowest BCUT2D eigenvalue weighted by molar-refractivity contribution is -0.383. The molecule has 8 heteroatoms. The minimum atomic E-state index is -0.376. The summed E-state index contributed by atoms with van der Waals surface area (Å²) in [5.41, 5.74) is 1.89. The van der Waals surface area contributed by atoms with E-state index in [0.717, 1.165) is 5.56 Å². The molecule has 1 N–H and O–H groups in total. The first kappa shape index (κ1) is 18.7. The van der Waals surface area contributed by atoms with E-state index in [9.17, 15) is 10.1 Å². The van der Waals surface area contributed by atoms with Crippen LogP contribution in [0.25, 0.3) is 10.6 Å². The zero-order chi connectivity index (χ0) is 19.2. The van der Waals surface area contributed by atoms with Crippen molar-refractivity contribution in [1.29, 1.82) is 0 Å². The van der Waals surface area contributed by atoms with Crippen LogP contribution in [0.15, 0.2) is 48.0 Å². The highest BCUT2D eigenvalue weighted by atomic mass is 32.1. The number of ether oxygens (including phenoxy) is 2. The number of para-hydroxylation sites is 1. The molecule has 0 radical (unpaired) electrons. The maximum atomic E-state index is 11.7. The highest BCUT2D eigenvalue weighted by molar-refractivity contribution is 7.13. The van der Waals surface area contributed by atoms with E-state index in [-0.39, 0.29) is 10.6 Å². The summed E-state index contributed by atoms with van der Waals surface area (Å²) < 4.78 is 10.9. The Hall–Kier alpha value is -3.13. The van der Waals surface area contributed by atoms with Gasteiger partial charge in [0.1, 0.15) is 10.7 Å². The van der Waals surface area contributed by atoms with Crippen LogP contribution in [0.5, 0.6) is 11.5 Å². The Morgan fingerprint density at radius 2 is 2.11 bits per heavy atom. The smallest absolute Gasteiger partial charge is 0.302 e. The molecular weight excluding hydrogens is 366 g/mol. The average molecular weight is 385 g/mol. The molecule has 0 aliphatic rings. The minimum Gasteiger partial charge on any atom is -0.493 e. The van der Waals surface area contributed by atoms with Crippen LogP contribution < -0.4 is 14.8 Å². The Kier molecular flexibility index (Phi) is 5.87. The van der Waals surface area contributed by atoms with Crippen molar-refractivity contribution in [3.05, 3.63) is 63.7 Å². The molecule has 0 aliphatic heterocycles. The Morgan fingerprint density at radius 1 is 1.26 bits per heavy atom. The van der Waals surface area contributed by atoms with E-state index in [4.69, 9.17) is 9.47 Å². The van der Waals surface area contributed by atoms with Gasteiger partial charge in [-0.05, 0) is 36.8 Å². The number of methoxy groups -OCH3 is 1. The van der Waals surface area contributed by atoms with Gasteiger partial charge in [0.05, 0.1) is 24.2 Å². The number of hydrogen-bond donors (Lipinski definition) is 1. The number of anilines is 1. The fourth-order valence-corrected chi connectivity index (χ4v) is 3.37. The maximum Gasteiger partial charge on any atom is 0.302 e. The van der Waals surface area contributed by atoms with Gasteiger partial charge >= 0.3 is 5.69 Å². The molecule has 3 aromatic rings. The van der Waals surface area contributed by atoms with Crippen molar-refractivity contribution in [1.82, 2.24) is 4.98 Å². The van der Waals surface area contributed by atoms with Gasteiger partial charge in [-0.3, -0.25) is 10.1 Å². The average Bonchev–Trinajstić information content (AvgIpc) is 3.21. The first-order valence-corrected chi connectivity index (χ1v) is 9.22. The van der Waals surface area contributed by atoms with Gasteiger partial charge in [-0.2, -0.15) is 0 Å². The topological polar surface area (TPSA) is 86.5 Å². The number of benzene rings is 2. The summed E-state index contributed by atoms with van der Waals surface area (Å²) in [5, 5.41) is 17.3. The predicted octanol–water partition coefficient (Wildman–Crippen LogP) is 4.74. The number of nitro benzene ring substituents is 1. The molecule has 27 heavy (non-hydrogen) atoms. The van der Waals surface area contributed by atoms with Gasteiger partial charge in [0, 0.05) is 18.1 Å². The number of rotatable bonds is 8. The fraction of sp³-hybridized carbons (Fsp3) is 0.211. The fourth-order valence-electron chi connectivity index (χ4n) is 2.71. The third kappa shape index (κ3) is 4.17. The summed E-state index contributed by atoms with van der Waals surface area (Å²) in [4.78, 5) is 15.5. The molecular formula is C19H19N3O4S. The number of nitro groups is 1. The Morgan fingerprint density at radius 3 is 2.78 bits per heavy atom. The number of nitrogens with one attached hydrogen (secondary N) is 1. The highest BCUT2D eigenvalue weighted by Crippen LogP contribution is 2.37. The van der Waals surface area contributed by atoms with Gasteiger partial charge in [-0.1, -0.05) is 12.1 Å². The maximum absolute atomic E-state index is 11.7. The van der Waals surface area contributed by atoms with Gasteiger partial charge in [0.2, 0.25) is 0 Å². The van der Waals surface area contributed by atoms with Crippen LogP contribution in [-0.4, -0.2) is 23.6 Å². The second-order valence-corrected chi connectivity index (χ2v) is 6.46. The van der Waals surface area contributed by atoms with E-state index in [0.29, 0.717) is 40.9 Å². The molecule has 0 atom stereocenters. The normalized spacial score (nSPS) is 10.4. The van der Waals surface area contributed by atoms with Crippen LogP contribution in [0.1, 0.15) is 12.5 Å². The van der Waals surface area contributed by atoms with Crippen molar-refractivity contribution in [2.24, 2.45) is 0 Å².